The molecule has 0 spiro atoms. The molecule has 0 aliphatic rings. The monoisotopic (exact) mass is 533 g/mol. The molecular weight excluding hydrogens is 495 g/mol. The molecule has 36 heavy (non-hydrogen) atoms. The van der Waals surface area contributed by atoms with Crippen LogP contribution in [-0.2, 0) is 21.0 Å². The molecule has 204 valence electrons. The molecule has 0 radical (unpaired) electrons. The van der Waals surface area contributed by atoms with Gasteiger partial charge in [-0.1, -0.05) is 58.3 Å². The highest BCUT2D eigenvalue weighted by molar-refractivity contribution is 7.89. The van der Waals surface area contributed by atoms with Gasteiger partial charge in [-0.15, -0.1) is 0 Å². The quantitative estimate of drug-likeness (QED) is 0.229. The first kappa shape index (κ1) is 31.9. The summed E-state index contributed by atoms with van der Waals surface area (Å²) in [5.41, 5.74) is -3.64. The van der Waals surface area contributed by atoms with Gasteiger partial charge in [-0.3, -0.25) is 4.79 Å². The molecule has 0 saturated heterocycles. The average molecular weight is 534 g/mol. The summed E-state index contributed by atoms with van der Waals surface area (Å²) in [5.74, 6) is -0.728. The number of halogens is 3. The van der Waals surface area contributed by atoms with E-state index in [4.69, 9.17) is 5.26 Å². The third-order valence-electron chi connectivity index (χ3n) is 5.87. The molecule has 0 fully saturated rings. The number of sulfonamides is 1. The summed E-state index contributed by atoms with van der Waals surface area (Å²) in [6.45, 7) is 3.88. The number of nitrogens with zero attached hydrogens (tertiary/aromatic N) is 1. The van der Waals surface area contributed by atoms with Crippen molar-refractivity contribution in [3.8, 4) is 6.07 Å². The molecular formula is C25H38F3N3O4S. The first-order valence-corrected chi connectivity index (χ1v) is 14.1. The fourth-order valence-electron chi connectivity index (χ4n) is 3.65. The molecule has 0 aliphatic carbocycles. The fourth-order valence-corrected chi connectivity index (χ4v) is 4.84. The average Bonchev–Trinajstić information content (AvgIpc) is 2.79. The smallest absolute Gasteiger partial charge is 0.380 e. The molecule has 1 rings (SSSR count). The van der Waals surface area contributed by atoms with Crippen LogP contribution in [0.3, 0.4) is 0 Å². The number of carbonyl (C=O) groups is 1. The molecule has 0 aliphatic heterocycles. The largest absolute Gasteiger partial charge is 0.417 e. The van der Waals surface area contributed by atoms with Crippen molar-refractivity contribution >= 4 is 21.6 Å². The standard InChI is InChI=1S/C25H38F3N3O4S/c1-3-4-5-11-16-30-36(34,35)17-12-9-7-6-8-10-15-24(2,33)23(32)31-21-14-13-20(19-29)22(18-21)25(26,27)28/h13-14,18,30,33H,3-12,15-17H2,1-2H3,(H,31,32)/t24-/m0/s1. The van der Waals surface area contributed by atoms with Gasteiger partial charge in [0.1, 0.15) is 5.60 Å². The van der Waals surface area contributed by atoms with E-state index >= 15 is 0 Å². The molecule has 3 N–H and O–H groups in total. The molecule has 0 saturated carbocycles. The number of nitrogens with one attached hydrogen (secondary N) is 2. The van der Waals surface area contributed by atoms with E-state index in [9.17, 15) is 31.5 Å². The van der Waals surface area contributed by atoms with E-state index in [1.54, 1.807) is 0 Å². The highest BCUT2D eigenvalue weighted by atomic mass is 32.2. The Morgan fingerprint density at radius 2 is 1.64 bits per heavy atom. The Kier molecular flexibility index (Phi) is 13.4. The van der Waals surface area contributed by atoms with Crippen molar-refractivity contribution in [3.05, 3.63) is 29.3 Å². The van der Waals surface area contributed by atoms with E-state index in [2.05, 4.69) is 17.0 Å². The summed E-state index contributed by atoms with van der Waals surface area (Å²) in [7, 11) is -3.24. The molecule has 1 aromatic carbocycles. The van der Waals surface area contributed by atoms with Crippen LogP contribution in [0.25, 0.3) is 0 Å². The first-order chi connectivity index (χ1) is 16.8. The highest BCUT2D eigenvalue weighted by Gasteiger charge is 2.35. The van der Waals surface area contributed by atoms with E-state index in [0.29, 0.717) is 25.5 Å². The van der Waals surface area contributed by atoms with Gasteiger partial charge in [0.2, 0.25) is 10.0 Å². The lowest BCUT2D eigenvalue weighted by Gasteiger charge is -2.22. The SMILES string of the molecule is CCCCCCNS(=O)(=O)CCCCCCCC[C@](C)(O)C(=O)Nc1ccc(C#N)c(C(F)(F)F)c1. The summed E-state index contributed by atoms with van der Waals surface area (Å²) < 4.78 is 65.8. The molecule has 1 aromatic rings. The molecule has 0 bridgehead atoms. The van der Waals surface area contributed by atoms with Gasteiger partial charge < -0.3 is 10.4 Å². The van der Waals surface area contributed by atoms with Crippen LogP contribution in [0.5, 0.6) is 0 Å². The van der Waals surface area contributed by atoms with Gasteiger partial charge >= 0.3 is 6.18 Å². The van der Waals surface area contributed by atoms with Gasteiger partial charge in [0.15, 0.2) is 0 Å². The maximum atomic E-state index is 13.1. The van der Waals surface area contributed by atoms with Crippen LogP contribution in [0, 0.1) is 11.3 Å². The molecule has 0 aromatic heterocycles. The topological polar surface area (TPSA) is 119 Å². The number of carbonyl (C=O) groups excluding carboxylic acids is 1. The Bertz CT molecular complexity index is 974. The van der Waals surface area contributed by atoms with Crippen LogP contribution in [0.1, 0.15) is 95.6 Å². The van der Waals surface area contributed by atoms with Gasteiger partial charge in [-0.05, 0) is 44.4 Å². The number of rotatable bonds is 17. The fraction of sp³-hybridized carbons (Fsp3) is 0.680. The maximum Gasteiger partial charge on any atom is 0.417 e. The Morgan fingerprint density at radius 3 is 2.25 bits per heavy atom. The van der Waals surface area contributed by atoms with E-state index < -0.39 is 38.8 Å². The van der Waals surface area contributed by atoms with Crippen LogP contribution in [0.2, 0.25) is 0 Å². The number of aliphatic hydroxyl groups is 1. The number of alkyl halides is 3. The van der Waals surface area contributed by atoms with Crippen LogP contribution in [0.4, 0.5) is 18.9 Å². The van der Waals surface area contributed by atoms with Gasteiger partial charge in [-0.2, -0.15) is 18.4 Å². The highest BCUT2D eigenvalue weighted by Crippen LogP contribution is 2.33. The lowest BCUT2D eigenvalue weighted by atomic mass is 9.96. The first-order valence-electron chi connectivity index (χ1n) is 12.4. The van der Waals surface area contributed by atoms with Crippen LogP contribution in [0.15, 0.2) is 18.2 Å². The summed E-state index contributed by atoms with van der Waals surface area (Å²) in [6, 6.07) is 4.31. The second-order valence-corrected chi connectivity index (χ2v) is 11.2. The van der Waals surface area contributed by atoms with Crippen LogP contribution < -0.4 is 10.0 Å². The minimum absolute atomic E-state index is 0.0983. The molecule has 11 heteroatoms. The second kappa shape index (κ2) is 15.2. The van der Waals surface area contributed by atoms with Gasteiger partial charge in [-0.25, -0.2) is 13.1 Å². The van der Waals surface area contributed by atoms with E-state index in [1.165, 1.54) is 19.1 Å². The normalized spacial score (nSPS) is 13.7. The molecule has 1 amide bonds. The second-order valence-electron chi connectivity index (χ2n) is 9.24. The molecule has 1 atom stereocenters. The number of nitriles is 1. The zero-order chi connectivity index (χ0) is 27.2. The van der Waals surface area contributed by atoms with Gasteiger partial charge in [0.05, 0.1) is 22.9 Å². The van der Waals surface area contributed by atoms with Crippen molar-refractivity contribution in [2.45, 2.75) is 96.3 Å². The van der Waals surface area contributed by atoms with Crippen molar-refractivity contribution in [1.29, 1.82) is 5.26 Å². The number of unbranched alkanes of at least 4 members (excludes halogenated alkanes) is 8. The van der Waals surface area contributed by atoms with Crippen LogP contribution in [-0.4, -0.2) is 37.3 Å². The molecule has 7 nitrogen and oxygen atoms in total. The Hall–Kier alpha value is -2.16. The third kappa shape index (κ3) is 12.2. The predicted octanol–water partition coefficient (Wildman–Crippen LogP) is 5.50. The van der Waals surface area contributed by atoms with Crippen molar-refractivity contribution < 1.29 is 31.5 Å². The number of hydrogen-bond donors (Lipinski definition) is 3. The van der Waals surface area contributed by atoms with Crippen LogP contribution >= 0.6 is 0 Å². The van der Waals surface area contributed by atoms with Crippen molar-refractivity contribution in [3.63, 3.8) is 0 Å². The van der Waals surface area contributed by atoms with Gasteiger partial charge in [0.25, 0.3) is 5.91 Å². The van der Waals surface area contributed by atoms with E-state index in [1.807, 2.05) is 0 Å². The zero-order valence-corrected chi connectivity index (χ0v) is 21.9. The summed E-state index contributed by atoms with van der Waals surface area (Å²) in [5, 5.41) is 21.6. The maximum absolute atomic E-state index is 13.1. The third-order valence-corrected chi connectivity index (χ3v) is 7.34. The number of hydrogen-bond acceptors (Lipinski definition) is 5. The summed E-state index contributed by atoms with van der Waals surface area (Å²) in [6.07, 6.45) is 3.64. The summed E-state index contributed by atoms with van der Waals surface area (Å²) >= 11 is 0. The number of anilines is 1. The minimum atomic E-state index is -4.75. The van der Waals surface area contributed by atoms with Crippen molar-refractivity contribution in [2.75, 3.05) is 17.6 Å². The predicted molar refractivity (Wildman–Crippen MR) is 134 cm³/mol. The van der Waals surface area contributed by atoms with E-state index in [0.717, 1.165) is 57.4 Å². The Balaban J connectivity index is 2.32. The Morgan fingerprint density at radius 1 is 1.03 bits per heavy atom. The number of amides is 1. The van der Waals surface area contributed by atoms with Crippen molar-refractivity contribution in [1.82, 2.24) is 4.72 Å². The lowest BCUT2D eigenvalue weighted by molar-refractivity contribution is -0.138. The van der Waals surface area contributed by atoms with E-state index in [-0.39, 0.29) is 17.9 Å². The molecule has 0 unspecified atom stereocenters. The van der Waals surface area contributed by atoms with Gasteiger partial charge in [0, 0.05) is 12.2 Å². The lowest BCUT2D eigenvalue weighted by Crippen LogP contribution is -2.40. The Labute approximate surface area is 212 Å². The minimum Gasteiger partial charge on any atom is -0.380 e. The van der Waals surface area contributed by atoms with Crippen molar-refractivity contribution in [2.24, 2.45) is 0 Å². The molecule has 0 heterocycles. The zero-order valence-electron chi connectivity index (χ0n) is 21.1. The summed E-state index contributed by atoms with van der Waals surface area (Å²) in [4.78, 5) is 12.4. The number of benzene rings is 1.